The molecule has 12 nitrogen and oxygen atoms in total. The predicted octanol–water partition coefficient (Wildman–Crippen LogP) is 2.66. The number of aliphatic carboxylic acids is 1. The SMILES string of the molecule is CC(C)[C@H](NC(=O)OCc1ccccc1)C(=O)N[C@@H](CC(=O)O)C(=O)COP(=O)(O)Oc1ccccc1. The Morgan fingerprint density at radius 3 is 2.11 bits per heavy atom. The minimum absolute atomic E-state index is 0.0150. The zero-order chi connectivity index (χ0) is 27.4. The van der Waals surface area contributed by atoms with Gasteiger partial charge in [0.15, 0.2) is 5.78 Å². The van der Waals surface area contributed by atoms with E-state index in [0.717, 1.165) is 5.56 Å². The van der Waals surface area contributed by atoms with Crippen LogP contribution in [0.1, 0.15) is 25.8 Å². The molecule has 13 heteroatoms. The van der Waals surface area contributed by atoms with Crippen molar-refractivity contribution in [3.8, 4) is 5.75 Å². The molecular weight excluding hydrogens is 507 g/mol. The summed E-state index contributed by atoms with van der Waals surface area (Å²) in [5.41, 5.74) is 0.729. The predicted molar refractivity (Wildman–Crippen MR) is 130 cm³/mol. The molecule has 0 aliphatic carbocycles. The number of carbonyl (C=O) groups excluding carboxylic acids is 3. The van der Waals surface area contributed by atoms with Gasteiger partial charge in [0.05, 0.1) is 6.42 Å². The fraction of sp³-hybridized carbons (Fsp3) is 0.333. The minimum Gasteiger partial charge on any atom is -0.481 e. The summed E-state index contributed by atoms with van der Waals surface area (Å²) in [6, 6.07) is 13.6. The first-order valence-electron chi connectivity index (χ1n) is 11.2. The van der Waals surface area contributed by atoms with Crippen molar-refractivity contribution in [2.45, 2.75) is 39.0 Å². The molecule has 0 heterocycles. The first kappa shape index (κ1) is 29.5. The van der Waals surface area contributed by atoms with Crippen LogP contribution in [0.15, 0.2) is 60.7 Å². The van der Waals surface area contributed by atoms with E-state index < -0.39 is 62.6 Å². The van der Waals surface area contributed by atoms with E-state index in [1.165, 1.54) is 12.1 Å². The molecule has 200 valence electrons. The van der Waals surface area contributed by atoms with Crippen molar-refractivity contribution in [3.05, 3.63) is 66.2 Å². The summed E-state index contributed by atoms with van der Waals surface area (Å²) in [5, 5.41) is 13.8. The standard InChI is InChI=1S/C24H29N2O10P/c1-16(2)22(26-24(31)34-14-17-9-5-3-6-10-17)23(30)25-19(13-21(28)29)20(27)15-35-37(32,33)36-18-11-7-4-8-12-18/h3-12,16,19,22H,13-15H2,1-2H3,(H,25,30)(H,26,31)(H,28,29)(H,32,33)/t19-,22-/m0/s1. The van der Waals surface area contributed by atoms with Crippen LogP contribution < -0.4 is 15.2 Å². The molecule has 0 saturated heterocycles. The van der Waals surface area contributed by atoms with Gasteiger partial charge in [0.1, 0.15) is 31.0 Å². The third kappa shape index (κ3) is 10.8. The minimum atomic E-state index is -4.72. The van der Waals surface area contributed by atoms with Crippen molar-refractivity contribution in [3.63, 3.8) is 0 Å². The molecule has 2 rings (SSSR count). The van der Waals surface area contributed by atoms with Gasteiger partial charge in [0.25, 0.3) is 0 Å². The average molecular weight is 536 g/mol. The van der Waals surface area contributed by atoms with Crippen molar-refractivity contribution in [2.24, 2.45) is 5.92 Å². The Balaban J connectivity index is 1.98. The van der Waals surface area contributed by atoms with Crippen LogP contribution >= 0.6 is 7.82 Å². The van der Waals surface area contributed by atoms with Crippen LogP contribution in [0.4, 0.5) is 4.79 Å². The number of para-hydroxylation sites is 1. The molecule has 1 unspecified atom stereocenters. The molecule has 0 aliphatic rings. The van der Waals surface area contributed by atoms with Gasteiger partial charge in [0, 0.05) is 0 Å². The van der Waals surface area contributed by atoms with Gasteiger partial charge in [-0.05, 0) is 23.6 Å². The van der Waals surface area contributed by atoms with Gasteiger partial charge in [-0.2, -0.15) is 0 Å². The molecule has 2 aromatic rings. The van der Waals surface area contributed by atoms with Crippen LogP contribution in [0.25, 0.3) is 0 Å². The lowest BCUT2D eigenvalue weighted by molar-refractivity contribution is -0.140. The smallest absolute Gasteiger partial charge is 0.481 e. The summed E-state index contributed by atoms with van der Waals surface area (Å²) in [4.78, 5) is 58.8. The summed E-state index contributed by atoms with van der Waals surface area (Å²) < 4.78 is 26.8. The lowest BCUT2D eigenvalue weighted by Gasteiger charge is -2.24. The number of alkyl carbamates (subject to hydrolysis) is 1. The molecule has 37 heavy (non-hydrogen) atoms. The van der Waals surface area contributed by atoms with Gasteiger partial charge in [-0.25, -0.2) is 9.36 Å². The van der Waals surface area contributed by atoms with Crippen LogP contribution in [0.2, 0.25) is 0 Å². The quantitative estimate of drug-likeness (QED) is 0.262. The van der Waals surface area contributed by atoms with Gasteiger partial charge < -0.3 is 25.0 Å². The molecule has 0 aliphatic heterocycles. The van der Waals surface area contributed by atoms with E-state index in [1.807, 2.05) is 0 Å². The molecule has 0 spiro atoms. The van der Waals surface area contributed by atoms with E-state index in [-0.39, 0.29) is 12.4 Å². The second kappa shape index (κ2) is 14.1. The van der Waals surface area contributed by atoms with E-state index in [0.29, 0.717) is 0 Å². The van der Waals surface area contributed by atoms with Crippen molar-refractivity contribution in [1.82, 2.24) is 10.6 Å². The normalized spacial score (nSPS) is 14.1. The number of carbonyl (C=O) groups is 4. The highest BCUT2D eigenvalue weighted by Gasteiger charge is 2.32. The van der Waals surface area contributed by atoms with Crippen LogP contribution in [-0.2, 0) is 34.8 Å². The number of hydrogen-bond donors (Lipinski definition) is 4. The third-order valence-corrected chi connectivity index (χ3v) is 5.75. The molecule has 0 saturated carbocycles. The Kier molecular flexibility index (Phi) is 11.3. The topological polar surface area (TPSA) is 178 Å². The summed E-state index contributed by atoms with van der Waals surface area (Å²) in [6.07, 6.45) is -1.71. The van der Waals surface area contributed by atoms with E-state index in [9.17, 15) is 33.7 Å². The molecule has 0 bridgehead atoms. The Morgan fingerprint density at radius 1 is 0.946 bits per heavy atom. The molecule has 0 aromatic heterocycles. The molecule has 0 fully saturated rings. The third-order valence-electron chi connectivity index (χ3n) is 4.85. The number of nitrogens with one attached hydrogen (secondary N) is 2. The maximum Gasteiger partial charge on any atom is 0.527 e. The Morgan fingerprint density at radius 2 is 1.54 bits per heavy atom. The molecular formula is C24H29N2O10P. The average Bonchev–Trinajstić information content (AvgIpc) is 2.84. The first-order valence-corrected chi connectivity index (χ1v) is 12.7. The number of ketones is 1. The summed E-state index contributed by atoms with van der Waals surface area (Å²) in [7, 11) is -4.72. The lowest BCUT2D eigenvalue weighted by atomic mass is 10.0. The van der Waals surface area contributed by atoms with Crippen LogP contribution in [0, 0.1) is 5.92 Å². The van der Waals surface area contributed by atoms with Crippen LogP contribution in [0.3, 0.4) is 0 Å². The Bertz CT molecular complexity index is 1110. The Labute approximate surface area is 213 Å². The summed E-state index contributed by atoms with van der Waals surface area (Å²) >= 11 is 0. The number of ether oxygens (including phenoxy) is 1. The summed E-state index contributed by atoms with van der Waals surface area (Å²) in [5.74, 6) is -3.70. The number of phosphoric acid groups is 1. The second-order valence-electron chi connectivity index (χ2n) is 8.20. The zero-order valence-corrected chi connectivity index (χ0v) is 21.1. The van der Waals surface area contributed by atoms with E-state index in [1.54, 1.807) is 62.4 Å². The highest BCUT2D eigenvalue weighted by molar-refractivity contribution is 7.47. The van der Waals surface area contributed by atoms with Crippen molar-refractivity contribution in [1.29, 1.82) is 0 Å². The van der Waals surface area contributed by atoms with E-state index >= 15 is 0 Å². The van der Waals surface area contributed by atoms with Crippen molar-refractivity contribution < 1.29 is 47.5 Å². The second-order valence-corrected chi connectivity index (χ2v) is 9.58. The fourth-order valence-electron chi connectivity index (χ4n) is 2.99. The number of amides is 2. The van der Waals surface area contributed by atoms with Gasteiger partial charge in [-0.1, -0.05) is 62.4 Å². The van der Waals surface area contributed by atoms with Crippen LogP contribution in [-0.4, -0.2) is 52.4 Å². The molecule has 4 N–H and O–H groups in total. The van der Waals surface area contributed by atoms with E-state index in [4.69, 9.17) is 13.8 Å². The molecule has 3 atom stereocenters. The fourth-order valence-corrected chi connectivity index (χ4v) is 3.73. The first-order chi connectivity index (χ1) is 17.5. The molecule has 2 amide bonds. The van der Waals surface area contributed by atoms with E-state index in [2.05, 4.69) is 10.6 Å². The number of rotatable bonds is 14. The van der Waals surface area contributed by atoms with Gasteiger partial charge in [0.2, 0.25) is 5.91 Å². The lowest BCUT2D eigenvalue weighted by Crippen LogP contribution is -2.54. The molecule has 2 aromatic carbocycles. The highest BCUT2D eigenvalue weighted by atomic mass is 31.2. The number of carboxylic acids is 1. The summed E-state index contributed by atoms with van der Waals surface area (Å²) in [6.45, 7) is 2.20. The van der Waals surface area contributed by atoms with Gasteiger partial charge in [-0.15, -0.1) is 0 Å². The maximum atomic E-state index is 12.8. The number of Topliss-reactive ketones (excluding diaryl/α,β-unsaturated/α-hetero) is 1. The van der Waals surface area contributed by atoms with Gasteiger partial charge in [-0.3, -0.25) is 23.8 Å². The highest BCUT2D eigenvalue weighted by Crippen LogP contribution is 2.43. The largest absolute Gasteiger partial charge is 0.527 e. The van der Waals surface area contributed by atoms with Crippen molar-refractivity contribution >= 4 is 31.6 Å². The van der Waals surface area contributed by atoms with Crippen LogP contribution in [0.5, 0.6) is 5.75 Å². The monoisotopic (exact) mass is 536 g/mol. The molecule has 0 radical (unpaired) electrons. The number of benzene rings is 2. The maximum absolute atomic E-state index is 12.8. The van der Waals surface area contributed by atoms with Gasteiger partial charge >= 0.3 is 19.9 Å². The number of carboxylic acid groups (broad SMARTS) is 1. The van der Waals surface area contributed by atoms with Crippen molar-refractivity contribution in [2.75, 3.05) is 6.61 Å². The zero-order valence-electron chi connectivity index (χ0n) is 20.2. The Hall–Kier alpha value is -3.73. The number of hydrogen-bond acceptors (Lipinski definition) is 8. The number of phosphoric ester groups is 1.